The van der Waals surface area contributed by atoms with Gasteiger partial charge in [0, 0.05) is 21.7 Å². The fourth-order valence-corrected chi connectivity index (χ4v) is 4.11. The van der Waals surface area contributed by atoms with Crippen LogP contribution in [-0.4, -0.2) is 31.0 Å². The van der Waals surface area contributed by atoms with E-state index in [-0.39, 0.29) is 18.0 Å². The highest BCUT2D eigenvalue weighted by Crippen LogP contribution is 2.29. The average Bonchev–Trinajstić information content (AvgIpc) is 2.70. The van der Waals surface area contributed by atoms with Gasteiger partial charge in [-0.05, 0) is 68.3 Å². The molecule has 1 fully saturated rings. The zero-order chi connectivity index (χ0) is 19.1. The molecule has 144 valence electrons. The van der Waals surface area contributed by atoms with E-state index in [1.807, 2.05) is 55.5 Å². The Bertz CT molecular complexity index is 733. The Morgan fingerprint density at radius 1 is 1.15 bits per heavy atom. The number of rotatable bonds is 7. The van der Waals surface area contributed by atoms with E-state index in [4.69, 9.17) is 14.2 Å². The van der Waals surface area contributed by atoms with Crippen LogP contribution in [0.25, 0.3) is 0 Å². The molecule has 1 heterocycles. The first-order chi connectivity index (χ1) is 13.1. The van der Waals surface area contributed by atoms with Crippen LogP contribution in [0.2, 0.25) is 0 Å². The minimum atomic E-state index is -0.0924. The molecule has 2 atom stereocenters. The zero-order valence-electron chi connectivity index (χ0n) is 15.2. The quantitative estimate of drug-likeness (QED) is 0.400. The van der Waals surface area contributed by atoms with Crippen molar-refractivity contribution in [3.8, 4) is 11.5 Å². The summed E-state index contributed by atoms with van der Waals surface area (Å²) < 4.78 is 17.8. The van der Waals surface area contributed by atoms with Crippen molar-refractivity contribution in [2.45, 2.75) is 30.8 Å². The topological polar surface area (TPSA) is 44.8 Å². The number of benzene rings is 2. The maximum absolute atomic E-state index is 11.9. The summed E-state index contributed by atoms with van der Waals surface area (Å²) in [5, 5.41) is 0. The first-order valence-electron chi connectivity index (χ1n) is 9.08. The van der Waals surface area contributed by atoms with Crippen molar-refractivity contribution in [3.63, 3.8) is 0 Å². The summed E-state index contributed by atoms with van der Waals surface area (Å²) in [4.78, 5) is 13.1. The van der Waals surface area contributed by atoms with E-state index in [1.165, 1.54) is 0 Å². The van der Waals surface area contributed by atoms with Gasteiger partial charge < -0.3 is 14.2 Å². The fraction of sp³-hybridized carbons (Fsp3) is 0.381. The van der Waals surface area contributed by atoms with Gasteiger partial charge in [0.25, 0.3) is 0 Å². The molecule has 4 nitrogen and oxygen atoms in total. The molecule has 0 N–H and O–H groups in total. The molecule has 6 heteroatoms. The second-order valence-electron chi connectivity index (χ2n) is 6.30. The molecule has 1 saturated heterocycles. The van der Waals surface area contributed by atoms with Crippen molar-refractivity contribution in [3.05, 3.63) is 53.0 Å². The number of hydrogen-bond donors (Lipinski definition) is 0. The lowest BCUT2D eigenvalue weighted by Gasteiger charge is -2.28. The maximum Gasteiger partial charge on any atom is 0.309 e. The van der Waals surface area contributed by atoms with Crippen LogP contribution in [0.1, 0.15) is 19.8 Å². The summed E-state index contributed by atoms with van der Waals surface area (Å²) in [6.45, 7) is 2.90. The summed E-state index contributed by atoms with van der Waals surface area (Å²) in [7, 11) is 0. The van der Waals surface area contributed by atoms with Crippen molar-refractivity contribution in [1.82, 2.24) is 0 Å². The van der Waals surface area contributed by atoms with Crippen molar-refractivity contribution in [1.29, 1.82) is 0 Å². The molecule has 0 bridgehead atoms. The monoisotopic (exact) mass is 450 g/mol. The van der Waals surface area contributed by atoms with Gasteiger partial charge in [0.05, 0.1) is 18.6 Å². The van der Waals surface area contributed by atoms with Crippen LogP contribution in [0.5, 0.6) is 11.5 Å². The molecular formula is C21H23BrO4S. The fourth-order valence-electron chi connectivity index (χ4n) is 2.90. The van der Waals surface area contributed by atoms with Crippen LogP contribution >= 0.6 is 27.7 Å². The molecule has 1 aliphatic heterocycles. The highest BCUT2D eigenvalue weighted by atomic mass is 79.9. The van der Waals surface area contributed by atoms with Crippen molar-refractivity contribution < 1.29 is 19.0 Å². The van der Waals surface area contributed by atoms with Crippen molar-refractivity contribution in [2.24, 2.45) is 5.92 Å². The van der Waals surface area contributed by atoms with Gasteiger partial charge >= 0.3 is 5.97 Å². The SMILES string of the molecule is CCOC(=O)C1CCOC(CSc2ccc(Oc3ccc(Br)cc3)cc2)C1. The van der Waals surface area contributed by atoms with E-state index in [0.29, 0.717) is 13.2 Å². The lowest BCUT2D eigenvalue weighted by atomic mass is 9.96. The number of halogens is 1. The second-order valence-corrected chi connectivity index (χ2v) is 8.31. The Labute approximate surface area is 172 Å². The minimum Gasteiger partial charge on any atom is -0.466 e. The number of carbonyl (C=O) groups is 1. The van der Waals surface area contributed by atoms with E-state index >= 15 is 0 Å². The highest BCUT2D eigenvalue weighted by Gasteiger charge is 2.28. The van der Waals surface area contributed by atoms with Gasteiger partial charge in [-0.25, -0.2) is 0 Å². The minimum absolute atomic E-state index is 0.0361. The van der Waals surface area contributed by atoms with Crippen LogP contribution < -0.4 is 4.74 Å². The summed E-state index contributed by atoms with van der Waals surface area (Å²) in [6, 6.07) is 15.8. The van der Waals surface area contributed by atoms with Gasteiger partial charge in [-0.1, -0.05) is 15.9 Å². The normalized spacial score (nSPS) is 19.5. The third kappa shape index (κ3) is 6.26. The predicted octanol–water partition coefficient (Wildman–Crippen LogP) is 5.69. The lowest BCUT2D eigenvalue weighted by Crippen LogP contribution is -2.32. The largest absolute Gasteiger partial charge is 0.466 e. The van der Waals surface area contributed by atoms with Gasteiger partial charge in [0.2, 0.25) is 0 Å². The van der Waals surface area contributed by atoms with Gasteiger partial charge in [0.15, 0.2) is 0 Å². The molecule has 2 unspecified atom stereocenters. The van der Waals surface area contributed by atoms with Crippen molar-refractivity contribution >= 4 is 33.7 Å². The predicted molar refractivity (Wildman–Crippen MR) is 110 cm³/mol. The number of esters is 1. The van der Waals surface area contributed by atoms with E-state index in [9.17, 15) is 4.79 Å². The van der Waals surface area contributed by atoms with Crippen LogP contribution in [0.4, 0.5) is 0 Å². The van der Waals surface area contributed by atoms with E-state index in [2.05, 4.69) is 15.9 Å². The van der Waals surface area contributed by atoms with Gasteiger partial charge in [-0.2, -0.15) is 0 Å². The van der Waals surface area contributed by atoms with Gasteiger partial charge in [-0.3, -0.25) is 4.79 Å². The number of thioether (sulfide) groups is 1. The first-order valence-corrected chi connectivity index (χ1v) is 10.9. The molecule has 0 aromatic heterocycles. The Morgan fingerprint density at radius 2 is 1.81 bits per heavy atom. The number of carbonyl (C=O) groups excluding carboxylic acids is 1. The Balaban J connectivity index is 1.48. The third-order valence-corrected chi connectivity index (χ3v) is 5.97. The first kappa shape index (κ1) is 20.2. The number of ether oxygens (including phenoxy) is 3. The van der Waals surface area contributed by atoms with Crippen molar-refractivity contribution in [2.75, 3.05) is 19.0 Å². The molecule has 3 rings (SSSR count). The van der Waals surface area contributed by atoms with Gasteiger partial charge in [-0.15, -0.1) is 11.8 Å². The molecule has 0 saturated carbocycles. The lowest BCUT2D eigenvalue weighted by molar-refractivity contribution is -0.152. The Kier molecular flexibility index (Phi) is 7.61. The summed E-state index contributed by atoms with van der Waals surface area (Å²) in [6.07, 6.45) is 1.57. The zero-order valence-corrected chi connectivity index (χ0v) is 17.6. The van der Waals surface area contributed by atoms with Crippen LogP contribution in [0.15, 0.2) is 57.9 Å². The van der Waals surface area contributed by atoms with Crippen LogP contribution in [0, 0.1) is 5.92 Å². The molecule has 2 aromatic carbocycles. The highest BCUT2D eigenvalue weighted by molar-refractivity contribution is 9.10. The van der Waals surface area contributed by atoms with Gasteiger partial charge in [0.1, 0.15) is 11.5 Å². The summed E-state index contributed by atoms with van der Waals surface area (Å²) in [5.74, 6) is 2.30. The average molecular weight is 451 g/mol. The van der Waals surface area contributed by atoms with E-state index < -0.39 is 0 Å². The maximum atomic E-state index is 11.9. The third-order valence-electron chi connectivity index (χ3n) is 4.30. The summed E-state index contributed by atoms with van der Waals surface area (Å²) in [5.41, 5.74) is 0. The molecule has 0 aliphatic carbocycles. The molecule has 0 radical (unpaired) electrons. The molecule has 0 spiro atoms. The standard InChI is InChI=1S/C21H23BrO4S/c1-2-24-21(23)15-11-12-25-19(13-15)14-27-20-9-7-18(8-10-20)26-17-5-3-16(22)4-6-17/h3-10,15,19H,2,11-14H2,1H3. The summed E-state index contributed by atoms with van der Waals surface area (Å²) >= 11 is 5.15. The smallest absolute Gasteiger partial charge is 0.309 e. The Hall–Kier alpha value is -1.50. The van der Waals surface area contributed by atoms with Crippen LogP contribution in [0.3, 0.4) is 0 Å². The molecule has 2 aromatic rings. The molecule has 0 amide bonds. The Morgan fingerprint density at radius 3 is 2.48 bits per heavy atom. The van der Waals surface area contributed by atoms with Crippen LogP contribution in [-0.2, 0) is 14.3 Å². The van der Waals surface area contributed by atoms with E-state index in [0.717, 1.165) is 39.5 Å². The molecule has 1 aliphatic rings. The molecular weight excluding hydrogens is 428 g/mol. The number of hydrogen-bond acceptors (Lipinski definition) is 5. The van der Waals surface area contributed by atoms with E-state index in [1.54, 1.807) is 11.8 Å². The second kappa shape index (κ2) is 10.2. The molecule has 27 heavy (non-hydrogen) atoms.